The zero-order chi connectivity index (χ0) is 14.5. The summed E-state index contributed by atoms with van der Waals surface area (Å²) >= 11 is 0. The van der Waals surface area contributed by atoms with E-state index in [1.54, 1.807) is 12.1 Å². The minimum atomic E-state index is -0.650. The van der Waals surface area contributed by atoms with Crippen molar-refractivity contribution < 1.29 is 14.1 Å². The molecular weight excluding hydrogens is 262 g/mol. The van der Waals surface area contributed by atoms with Gasteiger partial charge in [0.25, 0.3) is 5.91 Å². The molecule has 0 saturated heterocycles. The number of amides is 1. The van der Waals surface area contributed by atoms with Crippen LogP contribution in [0.4, 0.5) is 5.88 Å². The van der Waals surface area contributed by atoms with E-state index in [2.05, 4.69) is 10.5 Å². The Bertz CT molecular complexity index is 676. The zero-order valence-electron chi connectivity index (χ0n) is 10.6. The highest BCUT2D eigenvalue weighted by molar-refractivity contribution is 5.96. The van der Waals surface area contributed by atoms with E-state index in [1.165, 1.54) is 18.3 Å². The summed E-state index contributed by atoms with van der Waals surface area (Å²) < 4.78 is 4.86. The van der Waals surface area contributed by atoms with Crippen LogP contribution in [0.3, 0.4) is 0 Å². The number of nitrogens with one attached hydrogen (secondary N) is 1. The topological polar surface area (TPSA) is 97.7 Å². The average molecular weight is 273 g/mol. The third-order valence-electron chi connectivity index (χ3n) is 2.54. The summed E-state index contributed by atoms with van der Waals surface area (Å²) in [5, 5.41) is 14.1. The largest absolute Gasteiger partial charge is 0.433 e. The molecule has 0 aliphatic carbocycles. The molecule has 7 heteroatoms. The van der Waals surface area contributed by atoms with E-state index in [9.17, 15) is 14.9 Å². The van der Waals surface area contributed by atoms with Gasteiger partial charge in [-0.25, -0.2) is 5.43 Å². The summed E-state index contributed by atoms with van der Waals surface area (Å²) in [5.74, 6) is -0.557. The van der Waals surface area contributed by atoms with Gasteiger partial charge in [-0.15, -0.1) is 0 Å². The number of nitro groups is 1. The Morgan fingerprint density at radius 2 is 2.10 bits per heavy atom. The number of hydrogen-bond acceptors (Lipinski definition) is 5. The molecule has 0 aliphatic rings. The van der Waals surface area contributed by atoms with Gasteiger partial charge in [-0.05, 0) is 24.6 Å². The molecule has 7 nitrogen and oxygen atoms in total. The molecule has 1 aromatic carbocycles. The van der Waals surface area contributed by atoms with E-state index in [-0.39, 0.29) is 17.6 Å². The Morgan fingerprint density at radius 3 is 2.75 bits per heavy atom. The van der Waals surface area contributed by atoms with E-state index in [4.69, 9.17) is 4.42 Å². The van der Waals surface area contributed by atoms with Gasteiger partial charge in [0.1, 0.15) is 4.92 Å². The quantitative estimate of drug-likeness (QED) is 0.524. The van der Waals surface area contributed by atoms with Gasteiger partial charge in [-0.3, -0.25) is 14.9 Å². The molecule has 0 radical (unpaired) electrons. The van der Waals surface area contributed by atoms with E-state index < -0.39 is 4.92 Å². The number of carbonyl (C=O) groups excluding carboxylic acids is 1. The molecule has 0 spiro atoms. The molecule has 1 heterocycles. The molecule has 2 aromatic rings. The van der Waals surface area contributed by atoms with Crippen LogP contribution in [-0.4, -0.2) is 17.0 Å². The van der Waals surface area contributed by atoms with Gasteiger partial charge < -0.3 is 4.42 Å². The van der Waals surface area contributed by atoms with Gasteiger partial charge in [0.05, 0.1) is 12.3 Å². The molecule has 1 amide bonds. The molecule has 0 atom stereocenters. The molecule has 1 N–H and O–H groups in total. The Morgan fingerprint density at radius 1 is 1.35 bits per heavy atom. The van der Waals surface area contributed by atoms with E-state index in [0.717, 1.165) is 5.56 Å². The number of hydrogen-bond donors (Lipinski definition) is 1. The average Bonchev–Trinajstić information content (AvgIpc) is 2.88. The fraction of sp³-hybridized carbons (Fsp3) is 0.0769. The monoisotopic (exact) mass is 273 g/mol. The first kappa shape index (κ1) is 13.5. The van der Waals surface area contributed by atoms with Crippen LogP contribution >= 0.6 is 0 Å². The van der Waals surface area contributed by atoms with Crippen molar-refractivity contribution in [1.82, 2.24) is 5.43 Å². The number of furan rings is 1. The lowest BCUT2D eigenvalue weighted by molar-refractivity contribution is -0.402. The lowest BCUT2D eigenvalue weighted by Crippen LogP contribution is -2.18. The van der Waals surface area contributed by atoms with Gasteiger partial charge in [0.15, 0.2) is 5.76 Å². The third-order valence-corrected chi connectivity index (χ3v) is 2.54. The molecule has 0 unspecified atom stereocenters. The number of hydrazone groups is 1. The third kappa shape index (κ3) is 3.08. The first-order valence-corrected chi connectivity index (χ1v) is 5.71. The van der Waals surface area contributed by atoms with Gasteiger partial charge in [-0.1, -0.05) is 18.2 Å². The Hall–Kier alpha value is -2.96. The Kier molecular flexibility index (Phi) is 3.90. The van der Waals surface area contributed by atoms with Crippen molar-refractivity contribution in [3.05, 3.63) is 63.4 Å². The fourth-order valence-electron chi connectivity index (χ4n) is 1.55. The molecule has 20 heavy (non-hydrogen) atoms. The lowest BCUT2D eigenvalue weighted by Gasteiger charge is -2.02. The summed E-state index contributed by atoms with van der Waals surface area (Å²) in [7, 11) is 0. The summed E-state index contributed by atoms with van der Waals surface area (Å²) in [6, 6.07) is 9.68. The second-order valence-electron chi connectivity index (χ2n) is 3.95. The number of rotatable bonds is 4. The highest BCUT2D eigenvalue weighted by atomic mass is 16.6. The summed E-state index contributed by atoms with van der Waals surface area (Å²) in [5.41, 5.74) is 3.66. The molecule has 2 rings (SSSR count). The van der Waals surface area contributed by atoms with Crippen LogP contribution in [0.5, 0.6) is 0 Å². The maximum atomic E-state index is 11.8. The van der Waals surface area contributed by atoms with Crippen molar-refractivity contribution in [2.24, 2.45) is 5.10 Å². The van der Waals surface area contributed by atoms with Gasteiger partial charge in [0.2, 0.25) is 0 Å². The molecule has 0 bridgehead atoms. The second kappa shape index (κ2) is 5.79. The predicted octanol–water partition coefficient (Wildman–Crippen LogP) is 2.26. The Balaban J connectivity index is 2.01. The molecule has 102 valence electrons. The normalized spacial score (nSPS) is 10.7. The molecule has 1 aromatic heterocycles. The maximum absolute atomic E-state index is 11.8. The predicted molar refractivity (Wildman–Crippen MR) is 71.6 cm³/mol. The summed E-state index contributed by atoms with van der Waals surface area (Å²) in [4.78, 5) is 21.6. The molecule has 0 aliphatic heterocycles. The van der Waals surface area contributed by atoms with Crippen LogP contribution < -0.4 is 5.43 Å². The maximum Gasteiger partial charge on any atom is 0.433 e. The lowest BCUT2D eigenvalue weighted by atomic mass is 10.1. The SMILES string of the molecule is Cc1ccccc1C(=O)N/N=C/c1ccc([N+](=O)[O-])o1. The highest BCUT2D eigenvalue weighted by Crippen LogP contribution is 2.13. The van der Waals surface area contributed by atoms with Crippen molar-refractivity contribution in [1.29, 1.82) is 0 Å². The van der Waals surface area contributed by atoms with E-state index in [1.807, 2.05) is 19.1 Å². The van der Waals surface area contributed by atoms with Crippen molar-refractivity contribution >= 4 is 18.0 Å². The number of nitrogens with zero attached hydrogens (tertiary/aromatic N) is 2. The van der Waals surface area contributed by atoms with Crippen molar-refractivity contribution in [2.45, 2.75) is 6.92 Å². The number of aryl methyl sites for hydroxylation is 1. The summed E-state index contributed by atoms with van der Waals surface area (Å²) in [6.07, 6.45) is 1.20. The fourth-order valence-corrected chi connectivity index (χ4v) is 1.55. The first-order valence-electron chi connectivity index (χ1n) is 5.71. The molecule has 0 fully saturated rings. The van der Waals surface area contributed by atoms with Crippen LogP contribution in [-0.2, 0) is 0 Å². The standard InChI is InChI=1S/C13H11N3O4/c1-9-4-2-3-5-11(9)13(17)15-14-8-10-6-7-12(20-10)16(18)19/h2-8H,1H3,(H,15,17)/b14-8+. The number of benzene rings is 1. The van der Waals surface area contributed by atoms with E-state index in [0.29, 0.717) is 5.56 Å². The van der Waals surface area contributed by atoms with Gasteiger partial charge in [0, 0.05) is 5.56 Å². The van der Waals surface area contributed by atoms with Crippen LogP contribution in [0.25, 0.3) is 0 Å². The minimum absolute atomic E-state index is 0.182. The number of carbonyl (C=O) groups is 1. The van der Waals surface area contributed by atoms with Crippen LogP contribution in [0.1, 0.15) is 21.7 Å². The Labute approximate surface area is 114 Å². The van der Waals surface area contributed by atoms with Crippen LogP contribution in [0.15, 0.2) is 45.9 Å². The van der Waals surface area contributed by atoms with Gasteiger partial charge >= 0.3 is 5.88 Å². The first-order chi connectivity index (χ1) is 9.58. The minimum Gasteiger partial charge on any atom is -0.400 e. The molecular formula is C13H11N3O4. The highest BCUT2D eigenvalue weighted by Gasteiger charge is 2.10. The molecule has 0 saturated carbocycles. The van der Waals surface area contributed by atoms with Crippen LogP contribution in [0, 0.1) is 17.0 Å². The van der Waals surface area contributed by atoms with Crippen molar-refractivity contribution in [3.63, 3.8) is 0 Å². The van der Waals surface area contributed by atoms with Crippen LogP contribution in [0.2, 0.25) is 0 Å². The van der Waals surface area contributed by atoms with Gasteiger partial charge in [-0.2, -0.15) is 5.10 Å². The zero-order valence-corrected chi connectivity index (χ0v) is 10.6. The van der Waals surface area contributed by atoms with E-state index >= 15 is 0 Å². The van der Waals surface area contributed by atoms with Crippen molar-refractivity contribution in [2.75, 3.05) is 0 Å². The smallest absolute Gasteiger partial charge is 0.400 e. The second-order valence-corrected chi connectivity index (χ2v) is 3.95. The summed E-state index contributed by atoms with van der Waals surface area (Å²) in [6.45, 7) is 1.81. The van der Waals surface area contributed by atoms with Crippen molar-refractivity contribution in [3.8, 4) is 0 Å².